The molecular weight excluding hydrogens is 419 g/mol. The number of halogens is 1. The Morgan fingerprint density at radius 2 is 1.70 bits per heavy atom. The predicted octanol–water partition coefficient (Wildman–Crippen LogP) is 4.55. The summed E-state index contributed by atoms with van der Waals surface area (Å²) >= 11 is 0. The number of benzene rings is 2. The molecule has 0 bridgehead atoms. The number of ether oxygens (including phenoxy) is 1. The fourth-order valence-electron chi connectivity index (χ4n) is 4.05. The zero-order valence-electron chi connectivity index (χ0n) is 20.0. The van der Waals surface area contributed by atoms with Gasteiger partial charge >= 0.3 is 0 Å². The van der Waals surface area contributed by atoms with Crippen LogP contribution in [0.2, 0.25) is 0 Å². The third-order valence-electron chi connectivity index (χ3n) is 6.05. The average Bonchev–Trinajstić information content (AvgIpc) is 2.81. The Morgan fingerprint density at radius 1 is 1.12 bits per heavy atom. The van der Waals surface area contributed by atoms with Gasteiger partial charge in [-0.25, -0.2) is 4.39 Å². The van der Waals surface area contributed by atoms with Crippen molar-refractivity contribution in [3.8, 4) is 16.9 Å². The molecule has 1 aliphatic rings. The van der Waals surface area contributed by atoms with Gasteiger partial charge in [-0.3, -0.25) is 4.79 Å². The molecule has 1 aliphatic heterocycles. The lowest BCUT2D eigenvalue weighted by atomic mass is 9.97. The Morgan fingerprint density at radius 3 is 2.24 bits per heavy atom. The van der Waals surface area contributed by atoms with Gasteiger partial charge in [-0.1, -0.05) is 31.2 Å². The first-order valence-electron chi connectivity index (χ1n) is 11.9. The first kappa shape index (κ1) is 25.2. The number of hydrogen-bond donors (Lipinski definition) is 2. The van der Waals surface area contributed by atoms with E-state index < -0.39 is 5.67 Å². The molecule has 2 aromatic rings. The molecule has 1 atom stereocenters. The summed E-state index contributed by atoms with van der Waals surface area (Å²) in [6, 6.07) is 15.5. The predicted molar refractivity (Wildman–Crippen MR) is 130 cm³/mol. The van der Waals surface area contributed by atoms with Gasteiger partial charge in [0, 0.05) is 25.3 Å². The average molecular weight is 457 g/mol. The minimum Gasteiger partial charge on any atom is -0.493 e. The van der Waals surface area contributed by atoms with Crippen LogP contribution in [0.5, 0.6) is 5.75 Å². The molecule has 0 aliphatic carbocycles. The molecule has 33 heavy (non-hydrogen) atoms. The number of alkyl halides is 1. The number of nitrogens with one attached hydrogen (secondary N) is 1. The van der Waals surface area contributed by atoms with Gasteiger partial charge in [-0.15, -0.1) is 0 Å². The lowest BCUT2D eigenvalue weighted by Crippen LogP contribution is -2.41. The van der Waals surface area contributed by atoms with Crippen molar-refractivity contribution in [2.24, 2.45) is 11.8 Å². The van der Waals surface area contributed by atoms with Gasteiger partial charge in [0.15, 0.2) is 0 Å². The van der Waals surface area contributed by atoms with E-state index in [-0.39, 0.29) is 18.4 Å². The van der Waals surface area contributed by atoms with Gasteiger partial charge in [0.05, 0.1) is 6.61 Å². The number of nitrogens with zero attached hydrogens (tertiary/aromatic N) is 1. The van der Waals surface area contributed by atoms with E-state index in [4.69, 9.17) is 9.84 Å². The molecule has 1 heterocycles. The topological polar surface area (TPSA) is 61.8 Å². The quantitative estimate of drug-likeness (QED) is 0.551. The lowest BCUT2D eigenvalue weighted by molar-refractivity contribution is 0.0836. The number of aliphatic hydroxyl groups is 1. The normalized spacial score (nSPS) is 16.4. The van der Waals surface area contributed by atoms with E-state index in [1.807, 2.05) is 55.5 Å². The number of rotatable bonds is 10. The fraction of sp³-hybridized carbons (Fsp3) is 0.519. The summed E-state index contributed by atoms with van der Waals surface area (Å²) in [4.78, 5) is 14.4. The summed E-state index contributed by atoms with van der Waals surface area (Å²) in [5.74, 6) is 1.25. The molecule has 1 saturated heterocycles. The van der Waals surface area contributed by atoms with Gasteiger partial charge in [-0.05, 0) is 87.0 Å². The molecule has 6 heteroatoms. The van der Waals surface area contributed by atoms with E-state index in [1.54, 1.807) is 13.8 Å². The molecular formula is C27H37FN2O3. The number of likely N-dealkylation sites (tertiary alicyclic amines) is 1. The Balaban J connectivity index is 1.46. The standard InChI is InChI=1S/C27H37FN2O3/c1-20(17-31)16-29-26(32)24-6-4-22(5-7-24)23-8-10-25(11-9-23)33-18-21-12-14-30(15-13-21)19-27(2,3)28/h4-11,20-21,31H,12-19H2,1-3H3,(H,29,32). The second-order valence-corrected chi connectivity index (χ2v) is 9.85. The molecule has 0 spiro atoms. The minimum absolute atomic E-state index is 0.0375. The maximum Gasteiger partial charge on any atom is 0.251 e. The summed E-state index contributed by atoms with van der Waals surface area (Å²) in [6.07, 6.45) is 2.07. The van der Waals surface area contributed by atoms with E-state index in [2.05, 4.69) is 10.2 Å². The third kappa shape index (κ3) is 8.13. The van der Waals surface area contributed by atoms with Gasteiger partial charge in [0.2, 0.25) is 0 Å². The molecule has 1 amide bonds. The summed E-state index contributed by atoms with van der Waals surface area (Å²) in [7, 11) is 0. The summed E-state index contributed by atoms with van der Waals surface area (Å²) < 4.78 is 19.8. The summed E-state index contributed by atoms with van der Waals surface area (Å²) in [6.45, 7) is 8.70. The maximum atomic E-state index is 13.8. The van der Waals surface area contributed by atoms with E-state index in [9.17, 15) is 9.18 Å². The van der Waals surface area contributed by atoms with E-state index in [0.29, 0.717) is 31.2 Å². The number of aliphatic hydroxyl groups excluding tert-OH is 1. The van der Waals surface area contributed by atoms with Crippen LogP contribution in [0.15, 0.2) is 48.5 Å². The molecule has 0 saturated carbocycles. The number of amides is 1. The Bertz CT molecular complexity index is 870. The van der Waals surface area contributed by atoms with E-state index >= 15 is 0 Å². The van der Waals surface area contributed by atoms with Crippen LogP contribution in [0.25, 0.3) is 11.1 Å². The Hall–Kier alpha value is -2.44. The zero-order chi connectivity index (χ0) is 23.8. The van der Waals surface area contributed by atoms with Crippen molar-refractivity contribution in [1.82, 2.24) is 10.2 Å². The van der Waals surface area contributed by atoms with Crippen LogP contribution >= 0.6 is 0 Å². The van der Waals surface area contributed by atoms with Crippen LogP contribution in [0.4, 0.5) is 4.39 Å². The Labute approximate surface area is 197 Å². The molecule has 3 rings (SSSR count). The number of piperidine rings is 1. The Kier molecular flexibility index (Phi) is 8.87. The molecule has 0 radical (unpaired) electrons. The summed E-state index contributed by atoms with van der Waals surface area (Å²) in [5, 5.41) is 11.9. The number of carbonyl (C=O) groups is 1. The first-order chi connectivity index (χ1) is 15.7. The van der Waals surface area contributed by atoms with Crippen LogP contribution in [-0.2, 0) is 0 Å². The monoisotopic (exact) mass is 456 g/mol. The fourth-order valence-corrected chi connectivity index (χ4v) is 4.05. The van der Waals surface area contributed by atoms with Crippen LogP contribution in [0.3, 0.4) is 0 Å². The SMILES string of the molecule is CC(CO)CNC(=O)c1ccc(-c2ccc(OCC3CCN(CC(C)(C)F)CC3)cc2)cc1. The molecule has 1 fully saturated rings. The van der Waals surface area contributed by atoms with Gasteiger partial charge in [0.1, 0.15) is 11.4 Å². The number of hydrogen-bond acceptors (Lipinski definition) is 4. The second-order valence-electron chi connectivity index (χ2n) is 9.85. The van der Waals surface area contributed by atoms with Crippen molar-refractivity contribution >= 4 is 5.91 Å². The molecule has 5 nitrogen and oxygen atoms in total. The lowest BCUT2D eigenvalue weighted by Gasteiger charge is -2.34. The first-order valence-corrected chi connectivity index (χ1v) is 11.9. The molecule has 1 unspecified atom stereocenters. The van der Waals surface area contributed by atoms with Crippen molar-refractivity contribution in [3.05, 3.63) is 54.1 Å². The van der Waals surface area contributed by atoms with Gasteiger partial charge in [0.25, 0.3) is 5.91 Å². The molecule has 2 N–H and O–H groups in total. The molecule has 2 aromatic carbocycles. The molecule has 0 aromatic heterocycles. The van der Waals surface area contributed by atoms with E-state index in [0.717, 1.165) is 42.8 Å². The van der Waals surface area contributed by atoms with Crippen molar-refractivity contribution < 1.29 is 19.0 Å². The maximum absolute atomic E-state index is 13.8. The van der Waals surface area contributed by atoms with Crippen molar-refractivity contribution in [2.45, 2.75) is 39.3 Å². The largest absolute Gasteiger partial charge is 0.493 e. The second kappa shape index (κ2) is 11.6. The zero-order valence-corrected chi connectivity index (χ0v) is 20.0. The smallest absolute Gasteiger partial charge is 0.251 e. The van der Waals surface area contributed by atoms with Crippen molar-refractivity contribution in [1.29, 1.82) is 0 Å². The third-order valence-corrected chi connectivity index (χ3v) is 6.05. The van der Waals surface area contributed by atoms with Crippen LogP contribution in [0, 0.1) is 11.8 Å². The van der Waals surface area contributed by atoms with Crippen molar-refractivity contribution in [2.75, 3.05) is 39.4 Å². The van der Waals surface area contributed by atoms with Crippen LogP contribution in [-0.4, -0.2) is 61.0 Å². The molecule has 180 valence electrons. The van der Waals surface area contributed by atoms with Gasteiger partial charge in [-0.2, -0.15) is 0 Å². The van der Waals surface area contributed by atoms with Crippen LogP contribution in [0.1, 0.15) is 44.0 Å². The summed E-state index contributed by atoms with van der Waals surface area (Å²) in [5.41, 5.74) is 1.55. The highest BCUT2D eigenvalue weighted by Gasteiger charge is 2.25. The highest BCUT2D eigenvalue weighted by atomic mass is 19.1. The highest BCUT2D eigenvalue weighted by Crippen LogP contribution is 2.25. The van der Waals surface area contributed by atoms with Gasteiger partial charge < -0.3 is 20.1 Å². The number of carbonyl (C=O) groups excluding carboxylic acids is 1. The minimum atomic E-state index is -1.14. The van der Waals surface area contributed by atoms with Crippen molar-refractivity contribution in [3.63, 3.8) is 0 Å². The van der Waals surface area contributed by atoms with E-state index in [1.165, 1.54) is 0 Å². The van der Waals surface area contributed by atoms with Crippen LogP contribution < -0.4 is 10.1 Å². The highest BCUT2D eigenvalue weighted by molar-refractivity contribution is 5.94.